The van der Waals surface area contributed by atoms with E-state index in [4.69, 9.17) is 4.52 Å². The summed E-state index contributed by atoms with van der Waals surface area (Å²) in [6.07, 6.45) is 3.99. The summed E-state index contributed by atoms with van der Waals surface area (Å²) >= 11 is 1.43. The molecule has 0 saturated carbocycles. The van der Waals surface area contributed by atoms with Crippen LogP contribution in [0.1, 0.15) is 31.5 Å². The Hall–Kier alpha value is -1.45. The Balaban J connectivity index is 1.64. The van der Waals surface area contributed by atoms with Crippen LogP contribution in [0.4, 0.5) is 0 Å². The van der Waals surface area contributed by atoms with Gasteiger partial charge in [0.2, 0.25) is 15.9 Å². The molecule has 0 aliphatic carbocycles. The maximum absolute atomic E-state index is 12.4. The lowest BCUT2D eigenvalue weighted by Gasteiger charge is -2.15. The summed E-state index contributed by atoms with van der Waals surface area (Å²) in [4.78, 5) is 8.69. The lowest BCUT2D eigenvalue weighted by molar-refractivity contribution is 0.385. The molecule has 9 heteroatoms. The summed E-state index contributed by atoms with van der Waals surface area (Å²) in [5.41, 5.74) is 0. The Morgan fingerprint density at radius 3 is 2.70 bits per heavy atom. The van der Waals surface area contributed by atoms with Crippen molar-refractivity contribution in [1.29, 1.82) is 0 Å². The fraction of sp³-hybridized carbons (Fsp3) is 0.500. The second-order valence-corrected chi connectivity index (χ2v) is 8.12. The molecule has 23 heavy (non-hydrogen) atoms. The van der Waals surface area contributed by atoms with Crippen LogP contribution in [0, 0.1) is 0 Å². The maximum atomic E-state index is 12.4. The predicted molar refractivity (Wildman–Crippen MR) is 85.5 cm³/mol. The van der Waals surface area contributed by atoms with Crippen LogP contribution < -0.4 is 0 Å². The Morgan fingerprint density at radius 2 is 2.09 bits per heavy atom. The van der Waals surface area contributed by atoms with Gasteiger partial charge in [0.15, 0.2) is 5.82 Å². The molecule has 0 radical (unpaired) electrons. The maximum Gasteiger partial charge on any atom is 0.244 e. The fourth-order valence-corrected chi connectivity index (χ4v) is 4.45. The van der Waals surface area contributed by atoms with Gasteiger partial charge in [-0.1, -0.05) is 23.8 Å². The monoisotopic (exact) mass is 354 g/mol. The van der Waals surface area contributed by atoms with Crippen molar-refractivity contribution in [2.75, 3.05) is 13.1 Å². The van der Waals surface area contributed by atoms with Gasteiger partial charge in [-0.2, -0.15) is 9.29 Å². The molecule has 3 heterocycles. The first-order valence-corrected chi connectivity index (χ1v) is 9.92. The molecule has 1 aliphatic rings. The SMILES string of the molecule is CCc1noc(CSc2ccc(S(=O)(=O)N3CCCC3)cn2)n1. The largest absolute Gasteiger partial charge is 0.338 e. The number of hydrogen-bond acceptors (Lipinski definition) is 7. The summed E-state index contributed by atoms with van der Waals surface area (Å²) < 4.78 is 31.4. The summed E-state index contributed by atoms with van der Waals surface area (Å²) in [6, 6.07) is 3.32. The molecule has 2 aromatic rings. The van der Waals surface area contributed by atoms with Crippen LogP contribution >= 0.6 is 11.8 Å². The van der Waals surface area contributed by atoms with E-state index in [1.165, 1.54) is 22.3 Å². The molecule has 0 bridgehead atoms. The number of thioether (sulfide) groups is 1. The van der Waals surface area contributed by atoms with Gasteiger partial charge >= 0.3 is 0 Å². The second-order valence-electron chi connectivity index (χ2n) is 5.19. The predicted octanol–water partition coefficient (Wildman–Crippen LogP) is 2.10. The first-order chi connectivity index (χ1) is 11.1. The van der Waals surface area contributed by atoms with Crippen LogP contribution in [0.15, 0.2) is 32.8 Å². The van der Waals surface area contributed by atoms with Crippen LogP contribution in [-0.4, -0.2) is 40.9 Å². The molecular weight excluding hydrogens is 336 g/mol. The van der Waals surface area contributed by atoms with Gasteiger partial charge in [-0.3, -0.25) is 0 Å². The highest BCUT2D eigenvalue weighted by Crippen LogP contribution is 2.24. The van der Waals surface area contributed by atoms with Crippen LogP contribution in [0.5, 0.6) is 0 Å². The molecule has 0 amide bonds. The van der Waals surface area contributed by atoms with E-state index in [-0.39, 0.29) is 4.90 Å². The first kappa shape index (κ1) is 16.4. The van der Waals surface area contributed by atoms with Gasteiger partial charge in [-0.25, -0.2) is 13.4 Å². The third-order valence-corrected chi connectivity index (χ3v) is 6.39. The highest BCUT2D eigenvalue weighted by atomic mass is 32.2. The van der Waals surface area contributed by atoms with Crippen LogP contribution in [0.25, 0.3) is 0 Å². The highest BCUT2D eigenvalue weighted by molar-refractivity contribution is 7.98. The quantitative estimate of drug-likeness (QED) is 0.734. The van der Waals surface area contributed by atoms with Crippen molar-refractivity contribution in [3.63, 3.8) is 0 Å². The van der Waals surface area contributed by atoms with Gasteiger partial charge in [0.25, 0.3) is 0 Å². The Bertz CT molecular complexity index is 753. The van der Waals surface area contributed by atoms with Gasteiger partial charge < -0.3 is 4.52 Å². The lowest BCUT2D eigenvalue weighted by atomic mass is 10.4. The van der Waals surface area contributed by atoms with Gasteiger partial charge in [-0.05, 0) is 25.0 Å². The molecule has 0 spiro atoms. The molecule has 2 aromatic heterocycles. The van der Waals surface area contributed by atoms with Crippen molar-refractivity contribution < 1.29 is 12.9 Å². The molecule has 0 N–H and O–H groups in total. The van der Waals surface area contributed by atoms with Crippen molar-refractivity contribution >= 4 is 21.8 Å². The summed E-state index contributed by atoms with van der Waals surface area (Å²) in [5, 5.41) is 4.56. The minimum atomic E-state index is -3.40. The number of hydrogen-bond donors (Lipinski definition) is 0. The zero-order chi connectivity index (χ0) is 16.3. The molecule has 124 valence electrons. The summed E-state index contributed by atoms with van der Waals surface area (Å²) in [5.74, 6) is 1.74. The Labute approximate surface area is 139 Å². The topological polar surface area (TPSA) is 89.2 Å². The smallest absolute Gasteiger partial charge is 0.244 e. The lowest BCUT2D eigenvalue weighted by Crippen LogP contribution is -2.27. The van der Waals surface area contributed by atoms with E-state index in [1.807, 2.05) is 6.92 Å². The molecule has 0 aromatic carbocycles. The highest BCUT2D eigenvalue weighted by Gasteiger charge is 2.27. The molecule has 1 saturated heterocycles. The van der Waals surface area contributed by atoms with Gasteiger partial charge in [0, 0.05) is 25.7 Å². The van der Waals surface area contributed by atoms with E-state index in [0.717, 1.165) is 24.3 Å². The molecule has 1 fully saturated rings. The van der Waals surface area contributed by atoms with Crippen LogP contribution in [0.2, 0.25) is 0 Å². The molecule has 0 atom stereocenters. The molecule has 3 rings (SSSR count). The number of pyridine rings is 1. The number of aromatic nitrogens is 3. The summed E-state index contributed by atoms with van der Waals surface area (Å²) in [6.45, 7) is 3.15. The molecular formula is C14H18N4O3S2. The number of rotatable bonds is 6. The first-order valence-electron chi connectivity index (χ1n) is 7.50. The van der Waals surface area contributed by atoms with E-state index in [2.05, 4.69) is 15.1 Å². The molecule has 1 aliphatic heterocycles. The van der Waals surface area contributed by atoms with Gasteiger partial charge in [0.1, 0.15) is 4.90 Å². The van der Waals surface area contributed by atoms with Crippen LogP contribution in [-0.2, 0) is 22.2 Å². The minimum absolute atomic E-state index is 0.245. The second kappa shape index (κ2) is 6.98. The number of aryl methyl sites for hydroxylation is 1. The van der Waals surface area contributed by atoms with Crippen molar-refractivity contribution in [2.24, 2.45) is 0 Å². The normalized spacial score (nSPS) is 16.0. The van der Waals surface area contributed by atoms with Crippen molar-refractivity contribution in [3.8, 4) is 0 Å². The Morgan fingerprint density at radius 1 is 1.30 bits per heavy atom. The van der Waals surface area contributed by atoms with E-state index in [1.54, 1.807) is 12.1 Å². The fourth-order valence-electron chi connectivity index (χ4n) is 2.31. The zero-order valence-electron chi connectivity index (χ0n) is 12.8. The van der Waals surface area contributed by atoms with E-state index in [9.17, 15) is 8.42 Å². The van der Waals surface area contributed by atoms with Gasteiger partial charge in [0.05, 0.1) is 10.8 Å². The average molecular weight is 354 g/mol. The van der Waals surface area contributed by atoms with Crippen molar-refractivity contribution in [3.05, 3.63) is 30.0 Å². The summed E-state index contributed by atoms with van der Waals surface area (Å²) in [7, 11) is -3.40. The number of nitrogens with zero attached hydrogens (tertiary/aromatic N) is 4. The molecule has 7 nitrogen and oxygen atoms in total. The van der Waals surface area contributed by atoms with Crippen molar-refractivity contribution in [1.82, 2.24) is 19.4 Å². The van der Waals surface area contributed by atoms with Crippen LogP contribution in [0.3, 0.4) is 0 Å². The average Bonchev–Trinajstić information content (AvgIpc) is 3.25. The standard InChI is InChI=1S/C14H18N4O3S2/c1-2-12-16-13(21-17-12)10-22-14-6-5-11(9-15-14)23(19,20)18-7-3-4-8-18/h5-6,9H,2-4,7-8,10H2,1H3. The van der Waals surface area contributed by atoms with E-state index in [0.29, 0.717) is 30.6 Å². The molecule has 0 unspecified atom stereocenters. The van der Waals surface area contributed by atoms with Crippen molar-refractivity contribution in [2.45, 2.75) is 41.9 Å². The number of sulfonamides is 1. The Kier molecular flexibility index (Phi) is 4.98. The minimum Gasteiger partial charge on any atom is -0.338 e. The van der Waals surface area contributed by atoms with E-state index < -0.39 is 10.0 Å². The third-order valence-electron chi connectivity index (χ3n) is 3.58. The van der Waals surface area contributed by atoms with Gasteiger partial charge in [-0.15, -0.1) is 0 Å². The van der Waals surface area contributed by atoms with E-state index >= 15 is 0 Å². The zero-order valence-corrected chi connectivity index (χ0v) is 14.4. The third kappa shape index (κ3) is 3.73.